The maximum absolute atomic E-state index is 5.78. The molecule has 134 valence electrons. The van der Waals surface area contributed by atoms with Gasteiger partial charge in [-0.2, -0.15) is 0 Å². The lowest BCUT2D eigenvalue weighted by Gasteiger charge is -2.29. The van der Waals surface area contributed by atoms with Gasteiger partial charge < -0.3 is 14.6 Å². The highest BCUT2D eigenvalue weighted by molar-refractivity contribution is 5.92. The molecular weight excluding hydrogens is 336 g/mol. The Morgan fingerprint density at radius 1 is 0.926 bits per heavy atom. The van der Waals surface area contributed by atoms with Gasteiger partial charge in [0.15, 0.2) is 5.58 Å². The lowest BCUT2D eigenvalue weighted by Crippen LogP contribution is -2.43. The number of hydrogen-bond acceptors (Lipinski definition) is 5. The molecule has 1 N–H and O–H groups in total. The van der Waals surface area contributed by atoms with Crippen LogP contribution in [0, 0.1) is 0 Å². The molecule has 5 heteroatoms. The van der Waals surface area contributed by atoms with Crippen LogP contribution in [0.1, 0.15) is 0 Å². The quantitative estimate of drug-likeness (QED) is 0.602. The molecule has 3 aromatic heterocycles. The Morgan fingerprint density at radius 3 is 2.56 bits per heavy atom. The number of piperazine rings is 1. The third-order valence-corrected chi connectivity index (χ3v) is 5.07. The summed E-state index contributed by atoms with van der Waals surface area (Å²) in [4.78, 5) is 11.3. The average molecular weight is 356 g/mol. The van der Waals surface area contributed by atoms with Gasteiger partial charge in [-0.3, -0.25) is 9.97 Å². The summed E-state index contributed by atoms with van der Waals surface area (Å²) in [5.41, 5.74) is 7.10. The van der Waals surface area contributed by atoms with Crippen LogP contribution in [-0.2, 0) is 0 Å². The number of anilines is 1. The Kier molecular flexibility index (Phi) is 4.07. The molecule has 0 radical (unpaired) electrons. The van der Waals surface area contributed by atoms with E-state index in [1.807, 2.05) is 24.5 Å². The molecule has 0 bridgehead atoms. The summed E-state index contributed by atoms with van der Waals surface area (Å²) in [5.74, 6) is 0. The minimum absolute atomic E-state index is 0.789. The fourth-order valence-electron chi connectivity index (χ4n) is 3.59. The molecule has 0 amide bonds. The van der Waals surface area contributed by atoms with E-state index in [0.717, 1.165) is 59.5 Å². The van der Waals surface area contributed by atoms with Crippen LogP contribution in [-0.4, -0.2) is 36.1 Å². The number of nitrogens with zero attached hydrogens (tertiary/aromatic N) is 3. The zero-order chi connectivity index (χ0) is 18.1. The zero-order valence-corrected chi connectivity index (χ0v) is 14.9. The first-order valence-electron chi connectivity index (χ1n) is 9.22. The molecule has 1 fully saturated rings. The molecule has 4 aromatic rings. The molecule has 5 rings (SSSR count). The van der Waals surface area contributed by atoms with Gasteiger partial charge in [-0.05, 0) is 29.8 Å². The van der Waals surface area contributed by atoms with E-state index in [-0.39, 0.29) is 0 Å². The van der Waals surface area contributed by atoms with E-state index in [4.69, 9.17) is 4.42 Å². The van der Waals surface area contributed by atoms with Gasteiger partial charge in [-0.1, -0.05) is 18.2 Å². The first-order valence-corrected chi connectivity index (χ1v) is 9.22. The summed E-state index contributed by atoms with van der Waals surface area (Å²) in [6.45, 7) is 4.19. The van der Waals surface area contributed by atoms with Gasteiger partial charge in [-0.15, -0.1) is 0 Å². The standard InChI is InChI=1S/C22H20N4O/c1-2-17(13-24-7-1)20-15-27-21-12-18(14-25-22(20)21)16-3-5-19(6-4-16)26-10-8-23-9-11-26/h1-7,12-15,23H,8-11H2. The first kappa shape index (κ1) is 16.0. The molecule has 0 unspecified atom stereocenters. The molecule has 0 aliphatic carbocycles. The molecule has 5 nitrogen and oxygen atoms in total. The second-order valence-electron chi connectivity index (χ2n) is 6.75. The maximum atomic E-state index is 5.78. The number of pyridine rings is 2. The zero-order valence-electron chi connectivity index (χ0n) is 14.9. The molecule has 1 saturated heterocycles. The molecule has 27 heavy (non-hydrogen) atoms. The highest BCUT2D eigenvalue weighted by atomic mass is 16.3. The van der Waals surface area contributed by atoms with E-state index in [2.05, 4.69) is 50.5 Å². The smallest absolute Gasteiger partial charge is 0.153 e. The largest absolute Gasteiger partial charge is 0.462 e. The molecule has 1 aliphatic rings. The van der Waals surface area contributed by atoms with Crippen LogP contribution in [0.4, 0.5) is 5.69 Å². The predicted octanol–water partition coefficient (Wildman–Crippen LogP) is 3.97. The van der Waals surface area contributed by atoms with E-state index < -0.39 is 0 Å². The van der Waals surface area contributed by atoms with E-state index >= 15 is 0 Å². The van der Waals surface area contributed by atoms with Crippen molar-refractivity contribution < 1.29 is 4.42 Å². The Morgan fingerprint density at radius 2 is 1.78 bits per heavy atom. The van der Waals surface area contributed by atoms with Crippen molar-refractivity contribution in [3.05, 3.63) is 67.3 Å². The second-order valence-corrected chi connectivity index (χ2v) is 6.75. The molecule has 0 spiro atoms. The van der Waals surface area contributed by atoms with E-state index in [1.165, 1.54) is 5.69 Å². The Bertz CT molecular complexity index is 1050. The Labute approximate surface area is 157 Å². The number of nitrogens with one attached hydrogen (secondary N) is 1. The van der Waals surface area contributed by atoms with Gasteiger partial charge in [0.05, 0.1) is 0 Å². The predicted molar refractivity (Wildman–Crippen MR) is 108 cm³/mol. The normalized spacial score (nSPS) is 14.6. The van der Waals surface area contributed by atoms with Crippen LogP contribution in [0.25, 0.3) is 33.4 Å². The van der Waals surface area contributed by atoms with Gasteiger partial charge >= 0.3 is 0 Å². The van der Waals surface area contributed by atoms with E-state index in [0.29, 0.717) is 0 Å². The third kappa shape index (κ3) is 3.06. The lowest BCUT2D eigenvalue weighted by atomic mass is 10.1. The Hall–Kier alpha value is -3.18. The molecular formula is C22H20N4O. The summed E-state index contributed by atoms with van der Waals surface area (Å²) in [7, 11) is 0. The highest BCUT2D eigenvalue weighted by Crippen LogP contribution is 2.31. The van der Waals surface area contributed by atoms with Crippen molar-refractivity contribution in [3.63, 3.8) is 0 Å². The Balaban J connectivity index is 1.45. The maximum Gasteiger partial charge on any atom is 0.153 e. The summed E-state index contributed by atoms with van der Waals surface area (Å²) in [6.07, 6.45) is 7.26. The number of benzene rings is 1. The molecule has 1 aromatic carbocycles. The van der Waals surface area contributed by atoms with Gasteiger partial charge in [0.25, 0.3) is 0 Å². The van der Waals surface area contributed by atoms with Crippen molar-refractivity contribution in [3.8, 4) is 22.3 Å². The summed E-state index contributed by atoms with van der Waals surface area (Å²) in [6, 6.07) is 14.7. The van der Waals surface area contributed by atoms with Crippen molar-refractivity contribution in [2.24, 2.45) is 0 Å². The second kappa shape index (κ2) is 6.85. The number of fused-ring (bicyclic) bond motifs is 1. The number of furan rings is 1. The van der Waals surface area contributed by atoms with Crippen LogP contribution < -0.4 is 10.2 Å². The summed E-state index contributed by atoms with van der Waals surface area (Å²) >= 11 is 0. The molecule has 0 atom stereocenters. The van der Waals surface area contributed by atoms with Crippen molar-refractivity contribution in [2.75, 3.05) is 31.1 Å². The van der Waals surface area contributed by atoms with E-state index in [1.54, 1.807) is 12.5 Å². The van der Waals surface area contributed by atoms with Crippen LogP contribution in [0.3, 0.4) is 0 Å². The van der Waals surface area contributed by atoms with Crippen molar-refractivity contribution in [1.82, 2.24) is 15.3 Å². The monoisotopic (exact) mass is 356 g/mol. The van der Waals surface area contributed by atoms with Gasteiger partial charge in [-0.25, -0.2) is 0 Å². The van der Waals surface area contributed by atoms with Crippen LogP contribution in [0.5, 0.6) is 0 Å². The molecule has 4 heterocycles. The fourth-order valence-corrected chi connectivity index (χ4v) is 3.59. The van der Waals surface area contributed by atoms with Gasteiger partial charge in [0.1, 0.15) is 11.8 Å². The highest BCUT2D eigenvalue weighted by Gasteiger charge is 2.13. The SMILES string of the molecule is c1cncc(-c2coc3cc(-c4ccc(N5CCNCC5)cc4)cnc23)c1. The van der Waals surface area contributed by atoms with Gasteiger partial charge in [0, 0.05) is 67.1 Å². The third-order valence-electron chi connectivity index (χ3n) is 5.07. The van der Waals surface area contributed by atoms with Crippen LogP contribution >= 0.6 is 0 Å². The van der Waals surface area contributed by atoms with Crippen LogP contribution in [0.2, 0.25) is 0 Å². The van der Waals surface area contributed by atoms with Gasteiger partial charge in [0.2, 0.25) is 0 Å². The van der Waals surface area contributed by atoms with Crippen molar-refractivity contribution in [1.29, 1.82) is 0 Å². The topological polar surface area (TPSA) is 54.2 Å². The lowest BCUT2D eigenvalue weighted by molar-refractivity contribution is 0.589. The van der Waals surface area contributed by atoms with Crippen molar-refractivity contribution >= 4 is 16.8 Å². The van der Waals surface area contributed by atoms with Crippen molar-refractivity contribution in [2.45, 2.75) is 0 Å². The average Bonchev–Trinajstić information content (AvgIpc) is 3.18. The molecule has 1 aliphatic heterocycles. The van der Waals surface area contributed by atoms with Crippen LogP contribution in [0.15, 0.2) is 71.7 Å². The number of hydrogen-bond donors (Lipinski definition) is 1. The summed E-state index contributed by atoms with van der Waals surface area (Å²) < 4.78 is 5.78. The molecule has 0 saturated carbocycles. The number of aromatic nitrogens is 2. The van der Waals surface area contributed by atoms with E-state index in [9.17, 15) is 0 Å². The first-order chi connectivity index (χ1) is 13.4. The number of rotatable bonds is 3. The minimum Gasteiger partial charge on any atom is -0.462 e. The summed E-state index contributed by atoms with van der Waals surface area (Å²) in [5, 5.41) is 3.39. The minimum atomic E-state index is 0.789. The fraction of sp³-hybridized carbons (Fsp3) is 0.182.